The molecule has 20 heavy (non-hydrogen) atoms. The van der Waals surface area contributed by atoms with Crippen molar-refractivity contribution in [1.29, 1.82) is 0 Å². The van der Waals surface area contributed by atoms with Gasteiger partial charge in [0.15, 0.2) is 0 Å². The summed E-state index contributed by atoms with van der Waals surface area (Å²) in [6.45, 7) is 0.663. The van der Waals surface area contributed by atoms with Crippen molar-refractivity contribution >= 4 is 18.0 Å². The molecule has 2 rings (SSSR count). The van der Waals surface area contributed by atoms with E-state index in [9.17, 15) is 14.7 Å². The lowest BCUT2D eigenvalue weighted by molar-refractivity contribution is -0.131. The molecular formula is C15H17NO4. The number of carbonyl (C=O) groups is 2. The van der Waals surface area contributed by atoms with Crippen LogP contribution >= 0.6 is 0 Å². The Hall–Kier alpha value is -2.14. The number of rotatable bonds is 4. The lowest BCUT2D eigenvalue weighted by Gasteiger charge is -2.23. The van der Waals surface area contributed by atoms with Crippen LogP contribution < -0.4 is 0 Å². The number of aliphatic hydroxyl groups excluding tert-OH is 1. The topological polar surface area (TPSA) is 77.8 Å². The smallest absolute Gasteiger partial charge is 0.328 e. The first kappa shape index (κ1) is 14.3. The minimum Gasteiger partial charge on any atom is -0.478 e. The first-order valence-electron chi connectivity index (χ1n) is 6.54. The van der Waals surface area contributed by atoms with Gasteiger partial charge in [0.25, 0.3) is 5.91 Å². The molecule has 5 nitrogen and oxygen atoms in total. The highest BCUT2D eigenvalue weighted by Crippen LogP contribution is 2.20. The van der Waals surface area contributed by atoms with E-state index in [0.717, 1.165) is 24.5 Å². The zero-order valence-corrected chi connectivity index (χ0v) is 11.0. The van der Waals surface area contributed by atoms with Gasteiger partial charge in [0, 0.05) is 18.2 Å². The van der Waals surface area contributed by atoms with E-state index in [4.69, 9.17) is 5.11 Å². The van der Waals surface area contributed by atoms with E-state index in [1.807, 2.05) is 0 Å². The summed E-state index contributed by atoms with van der Waals surface area (Å²) in [5, 5.41) is 17.8. The number of amides is 1. The zero-order chi connectivity index (χ0) is 14.5. The van der Waals surface area contributed by atoms with Crippen LogP contribution in [-0.4, -0.2) is 46.2 Å². The quantitative estimate of drug-likeness (QED) is 0.814. The van der Waals surface area contributed by atoms with Crippen molar-refractivity contribution < 1.29 is 19.8 Å². The summed E-state index contributed by atoms with van der Waals surface area (Å²) in [5.41, 5.74) is 1.28. The molecule has 1 atom stereocenters. The maximum absolute atomic E-state index is 12.3. The summed E-state index contributed by atoms with van der Waals surface area (Å²) in [6.07, 6.45) is 4.28. The molecule has 0 saturated carbocycles. The average Bonchev–Trinajstić information content (AvgIpc) is 2.93. The van der Waals surface area contributed by atoms with Gasteiger partial charge in [0.1, 0.15) is 0 Å². The molecule has 1 heterocycles. The molecule has 1 unspecified atom stereocenters. The minimum absolute atomic E-state index is 0.00876. The Morgan fingerprint density at radius 1 is 1.30 bits per heavy atom. The lowest BCUT2D eigenvalue weighted by atomic mass is 10.1. The molecule has 1 amide bonds. The lowest BCUT2D eigenvalue weighted by Crippen LogP contribution is -2.37. The molecule has 1 aromatic rings. The van der Waals surface area contributed by atoms with Crippen molar-refractivity contribution in [2.24, 2.45) is 0 Å². The van der Waals surface area contributed by atoms with Gasteiger partial charge in [-0.15, -0.1) is 0 Å². The number of likely N-dealkylation sites (tertiary alicyclic amines) is 1. The van der Waals surface area contributed by atoms with E-state index in [-0.39, 0.29) is 18.6 Å². The van der Waals surface area contributed by atoms with Gasteiger partial charge in [-0.25, -0.2) is 4.79 Å². The first-order chi connectivity index (χ1) is 9.61. The summed E-state index contributed by atoms with van der Waals surface area (Å²) in [6, 6.07) is 6.68. The van der Waals surface area contributed by atoms with Crippen molar-refractivity contribution in [1.82, 2.24) is 4.90 Å². The Kier molecular flexibility index (Phi) is 4.53. The molecule has 1 aliphatic rings. The van der Waals surface area contributed by atoms with Gasteiger partial charge < -0.3 is 15.1 Å². The van der Waals surface area contributed by atoms with E-state index in [1.165, 1.54) is 6.08 Å². The third kappa shape index (κ3) is 3.24. The van der Waals surface area contributed by atoms with Gasteiger partial charge in [0.05, 0.1) is 12.6 Å². The van der Waals surface area contributed by atoms with Crippen LogP contribution in [0.15, 0.2) is 30.3 Å². The Labute approximate surface area is 117 Å². The number of hydrogen-bond acceptors (Lipinski definition) is 3. The maximum Gasteiger partial charge on any atom is 0.328 e. The summed E-state index contributed by atoms with van der Waals surface area (Å²) in [7, 11) is 0. The van der Waals surface area contributed by atoms with Crippen molar-refractivity contribution in [3.63, 3.8) is 0 Å². The second kappa shape index (κ2) is 6.34. The standard InChI is InChI=1S/C15H17NO4/c17-10-13-2-1-9-16(13)15(20)12-6-3-11(4-7-12)5-8-14(18)19/h3-8,13,17H,1-2,9-10H2,(H,18,19). The molecule has 0 radical (unpaired) electrons. The minimum atomic E-state index is -1.01. The van der Waals surface area contributed by atoms with Crippen LogP contribution in [0.4, 0.5) is 0 Å². The highest BCUT2D eigenvalue weighted by atomic mass is 16.4. The highest BCUT2D eigenvalue weighted by Gasteiger charge is 2.28. The molecule has 5 heteroatoms. The second-order valence-electron chi connectivity index (χ2n) is 4.77. The molecule has 1 aliphatic heterocycles. The monoisotopic (exact) mass is 275 g/mol. The van der Waals surface area contributed by atoms with E-state index >= 15 is 0 Å². The van der Waals surface area contributed by atoms with Crippen LogP contribution in [0, 0.1) is 0 Å². The van der Waals surface area contributed by atoms with Crippen LogP contribution in [0.1, 0.15) is 28.8 Å². The normalized spacial score (nSPS) is 18.6. The molecule has 1 saturated heterocycles. The van der Waals surface area contributed by atoms with Gasteiger partial charge in [0.2, 0.25) is 0 Å². The summed E-state index contributed by atoms with van der Waals surface area (Å²) in [5.74, 6) is -1.09. The predicted octanol–water partition coefficient (Wildman–Crippen LogP) is 1.38. The fourth-order valence-corrected chi connectivity index (χ4v) is 2.36. The third-order valence-corrected chi connectivity index (χ3v) is 3.42. The fourth-order valence-electron chi connectivity index (χ4n) is 2.36. The average molecular weight is 275 g/mol. The first-order valence-corrected chi connectivity index (χ1v) is 6.54. The Morgan fingerprint density at radius 2 is 2.00 bits per heavy atom. The Balaban J connectivity index is 2.09. The molecule has 2 N–H and O–H groups in total. The predicted molar refractivity (Wildman–Crippen MR) is 74.3 cm³/mol. The number of aliphatic hydroxyl groups is 1. The van der Waals surface area contributed by atoms with Crippen LogP contribution in [0.3, 0.4) is 0 Å². The second-order valence-corrected chi connectivity index (χ2v) is 4.77. The van der Waals surface area contributed by atoms with Crippen molar-refractivity contribution in [3.8, 4) is 0 Å². The number of carboxylic acids is 1. The van der Waals surface area contributed by atoms with Crippen molar-refractivity contribution in [2.45, 2.75) is 18.9 Å². The molecule has 0 bridgehead atoms. The SMILES string of the molecule is O=C(O)C=Cc1ccc(C(=O)N2CCCC2CO)cc1. The van der Waals surface area contributed by atoms with Gasteiger partial charge in [-0.05, 0) is 36.6 Å². The van der Waals surface area contributed by atoms with Crippen LogP contribution in [0.2, 0.25) is 0 Å². The number of carboxylic acid groups (broad SMARTS) is 1. The Morgan fingerprint density at radius 3 is 2.60 bits per heavy atom. The van der Waals surface area contributed by atoms with E-state index < -0.39 is 5.97 Å². The van der Waals surface area contributed by atoms with Crippen molar-refractivity contribution in [2.75, 3.05) is 13.2 Å². The summed E-state index contributed by atoms with van der Waals surface area (Å²) >= 11 is 0. The van der Waals surface area contributed by atoms with Crippen LogP contribution in [0.5, 0.6) is 0 Å². The van der Waals surface area contributed by atoms with Gasteiger partial charge >= 0.3 is 5.97 Å². The number of benzene rings is 1. The third-order valence-electron chi connectivity index (χ3n) is 3.42. The van der Waals surface area contributed by atoms with Gasteiger partial charge in [-0.3, -0.25) is 4.79 Å². The molecule has 0 spiro atoms. The van der Waals surface area contributed by atoms with E-state index in [0.29, 0.717) is 12.1 Å². The fraction of sp³-hybridized carbons (Fsp3) is 0.333. The van der Waals surface area contributed by atoms with E-state index in [1.54, 1.807) is 29.2 Å². The highest BCUT2D eigenvalue weighted by molar-refractivity contribution is 5.95. The zero-order valence-electron chi connectivity index (χ0n) is 11.0. The van der Waals surface area contributed by atoms with Crippen LogP contribution in [0.25, 0.3) is 6.08 Å². The molecule has 0 aliphatic carbocycles. The maximum atomic E-state index is 12.3. The molecule has 1 fully saturated rings. The molecule has 106 valence electrons. The van der Waals surface area contributed by atoms with Crippen LogP contribution in [-0.2, 0) is 4.79 Å². The number of nitrogens with zero attached hydrogens (tertiary/aromatic N) is 1. The van der Waals surface area contributed by atoms with Gasteiger partial charge in [-0.2, -0.15) is 0 Å². The molecule has 1 aromatic carbocycles. The molecule has 0 aromatic heterocycles. The number of aliphatic carboxylic acids is 1. The summed E-state index contributed by atoms with van der Waals surface area (Å²) in [4.78, 5) is 24.4. The van der Waals surface area contributed by atoms with Crippen molar-refractivity contribution in [3.05, 3.63) is 41.5 Å². The van der Waals surface area contributed by atoms with Gasteiger partial charge in [-0.1, -0.05) is 12.1 Å². The Bertz CT molecular complexity index is 521. The number of carbonyl (C=O) groups excluding carboxylic acids is 1. The largest absolute Gasteiger partial charge is 0.478 e. The molecular weight excluding hydrogens is 258 g/mol. The summed E-state index contributed by atoms with van der Waals surface area (Å²) < 4.78 is 0. The number of hydrogen-bond donors (Lipinski definition) is 2. The van der Waals surface area contributed by atoms with E-state index in [2.05, 4.69) is 0 Å².